The van der Waals surface area contributed by atoms with E-state index in [1.165, 1.54) is 18.2 Å². The van der Waals surface area contributed by atoms with Gasteiger partial charge in [0.1, 0.15) is 12.4 Å². The third-order valence-electron chi connectivity index (χ3n) is 4.97. The van der Waals surface area contributed by atoms with Crippen LogP contribution in [0.4, 0.5) is 14.5 Å². The van der Waals surface area contributed by atoms with Crippen molar-refractivity contribution < 1.29 is 32.5 Å². The molecule has 1 saturated heterocycles. The Morgan fingerprint density at radius 1 is 1.03 bits per heavy atom. The summed E-state index contributed by atoms with van der Waals surface area (Å²) in [5.74, 6) is 0.324. The number of nitrogens with zero attached hydrogens (tertiary/aromatic N) is 2. The molecule has 0 N–H and O–H groups in total. The average molecular weight is 420 g/mol. The lowest BCUT2D eigenvalue weighted by molar-refractivity contribution is -0.286. The fourth-order valence-corrected chi connectivity index (χ4v) is 3.49. The number of piperazine rings is 1. The van der Waals surface area contributed by atoms with E-state index in [1.54, 1.807) is 12.0 Å². The fourth-order valence-electron chi connectivity index (χ4n) is 3.49. The first kappa shape index (κ1) is 20.2. The standard InChI is InChI=1S/C21H22F2N2O5/c1-27-12-13-28-17-5-3-2-4-16(17)24-8-10-25(11-9-24)20(26)15-6-7-18-19(14-15)30-21(22,23)29-18/h2-7,14H,8-13H2,1H3. The lowest BCUT2D eigenvalue weighted by Crippen LogP contribution is -2.48. The highest BCUT2D eigenvalue weighted by molar-refractivity contribution is 5.95. The number of benzene rings is 2. The van der Waals surface area contributed by atoms with E-state index in [9.17, 15) is 13.6 Å². The van der Waals surface area contributed by atoms with Gasteiger partial charge in [0.2, 0.25) is 0 Å². The van der Waals surface area contributed by atoms with Crippen molar-refractivity contribution in [3.05, 3.63) is 48.0 Å². The van der Waals surface area contributed by atoms with Crippen LogP contribution >= 0.6 is 0 Å². The summed E-state index contributed by atoms with van der Waals surface area (Å²) in [5, 5.41) is 0. The number of hydrogen-bond acceptors (Lipinski definition) is 6. The highest BCUT2D eigenvalue weighted by atomic mass is 19.3. The summed E-state index contributed by atoms with van der Waals surface area (Å²) in [7, 11) is 1.62. The van der Waals surface area contributed by atoms with Gasteiger partial charge in [-0.1, -0.05) is 12.1 Å². The lowest BCUT2D eigenvalue weighted by Gasteiger charge is -2.36. The molecule has 0 radical (unpaired) electrons. The number of carbonyl (C=O) groups excluding carboxylic acids is 1. The maximum Gasteiger partial charge on any atom is 0.586 e. The van der Waals surface area contributed by atoms with Gasteiger partial charge in [-0.2, -0.15) is 0 Å². The van der Waals surface area contributed by atoms with Gasteiger partial charge in [0.05, 0.1) is 12.3 Å². The van der Waals surface area contributed by atoms with Crippen LogP contribution in [0.1, 0.15) is 10.4 Å². The number of amides is 1. The highest BCUT2D eigenvalue weighted by Crippen LogP contribution is 2.41. The molecule has 2 heterocycles. The number of ether oxygens (including phenoxy) is 4. The van der Waals surface area contributed by atoms with Crippen LogP contribution < -0.4 is 19.1 Å². The first-order valence-electron chi connectivity index (χ1n) is 9.62. The molecule has 0 unspecified atom stereocenters. The van der Waals surface area contributed by atoms with E-state index in [-0.39, 0.29) is 23.0 Å². The molecule has 2 aromatic carbocycles. The Morgan fingerprint density at radius 2 is 1.77 bits per heavy atom. The summed E-state index contributed by atoms with van der Waals surface area (Å²) in [6.45, 7) is 3.19. The first-order chi connectivity index (χ1) is 14.5. The molecule has 0 saturated carbocycles. The molecule has 7 nitrogen and oxygen atoms in total. The quantitative estimate of drug-likeness (QED) is 0.670. The number of carbonyl (C=O) groups is 1. The summed E-state index contributed by atoms with van der Waals surface area (Å²) in [5.41, 5.74) is 1.25. The number of methoxy groups -OCH3 is 1. The van der Waals surface area contributed by atoms with Crippen LogP contribution in [0.5, 0.6) is 17.2 Å². The number of hydrogen-bond donors (Lipinski definition) is 0. The Kier molecular flexibility index (Phi) is 5.63. The topological polar surface area (TPSA) is 60.5 Å². The minimum Gasteiger partial charge on any atom is -0.489 e. The van der Waals surface area contributed by atoms with Crippen molar-refractivity contribution >= 4 is 11.6 Å². The molecule has 2 aliphatic heterocycles. The van der Waals surface area contributed by atoms with Crippen molar-refractivity contribution in [3.63, 3.8) is 0 Å². The van der Waals surface area contributed by atoms with Crippen molar-refractivity contribution in [1.82, 2.24) is 4.90 Å². The molecule has 0 bridgehead atoms. The zero-order valence-electron chi connectivity index (χ0n) is 16.5. The lowest BCUT2D eigenvalue weighted by atomic mass is 10.1. The molecule has 0 aromatic heterocycles. The van der Waals surface area contributed by atoms with Gasteiger partial charge in [-0.25, -0.2) is 0 Å². The molecule has 1 amide bonds. The maximum atomic E-state index is 13.2. The Labute approximate surface area is 172 Å². The van der Waals surface area contributed by atoms with E-state index >= 15 is 0 Å². The second kappa shape index (κ2) is 8.35. The van der Waals surface area contributed by atoms with Crippen LogP contribution in [-0.2, 0) is 4.74 Å². The Bertz CT molecular complexity index is 916. The minimum atomic E-state index is -3.70. The second-order valence-electron chi connectivity index (χ2n) is 6.92. The van der Waals surface area contributed by atoms with Gasteiger partial charge < -0.3 is 28.7 Å². The fraction of sp³-hybridized carbons (Fsp3) is 0.381. The molecule has 0 atom stereocenters. The predicted molar refractivity (Wildman–Crippen MR) is 105 cm³/mol. The van der Waals surface area contributed by atoms with E-state index in [0.29, 0.717) is 39.4 Å². The summed E-state index contributed by atoms with van der Waals surface area (Å²) in [6.07, 6.45) is -3.70. The van der Waals surface area contributed by atoms with Crippen molar-refractivity contribution in [3.8, 4) is 17.2 Å². The molecular weight excluding hydrogens is 398 g/mol. The van der Waals surface area contributed by atoms with Crippen LogP contribution in [0, 0.1) is 0 Å². The SMILES string of the molecule is COCCOc1ccccc1N1CCN(C(=O)c2ccc3c(c2)OC(F)(F)O3)CC1. The summed E-state index contributed by atoms with van der Waals surface area (Å²) in [4.78, 5) is 16.7. The Balaban J connectivity index is 1.39. The normalized spacial score (nSPS) is 17.2. The number of rotatable bonds is 6. The van der Waals surface area contributed by atoms with Crippen molar-refractivity contribution in [1.29, 1.82) is 0 Å². The van der Waals surface area contributed by atoms with Gasteiger partial charge in [0.15, 0.2) is 11.5 Å². The Hall–Kier alpha value is -3.07. The molecule has 0 spiro atoms. The molecule has 160 valence electrons. The van der Waals surface area contributed by atoms with Crippen molar-refractivity contribution in [2.24, 2.45) is 0 Å². The average Bonchev–Trinajstić information content (AvgIpc) is 3.07. The third kappa shape index (κ3) is 4.25. The van der Waals surface area contributed by atoms with Gasteiger partial charge >= 0.3 is 6.29 Å². The number of fused-ring (bicyclic) bond motifs is 1. The smallest absolute Gasteiger partial charge is 0.489 e. The van der Waals surface area contributed by atoms with Gasteiger partial charge in [-0.05, 0) is 30.3 Å². The van der Waals surface area contributed by atoms with E-state index in [2.05, 4.69) is 14.4 Å². The number of anilines is 1. The van der Waals surface area contributed by atoms with E-state index in [0.717, 1.165) is 11.4 Å². The molecular formula is C21H22F2N2O5. The number of alkyl halides is 2. The van der Waals surface area contributed by atoms with E-state index in [1.807, 2.05) is 24.3 Å². The number of halogens is 2. The van der Waals surface area contributed by atoms with Crippen LogP contribution in [0.3, 0.4) is 0 Å². The molecule has 1 fully saturated rings. The second-order valence-corrected chi connectivity index (χ2v) is 6.92. The molecule has 0 aliphatic carbocycles. The largest absolute Gasteiger partial charge is 0.586 e. The molecule has 30 heavy (non-hydrogen) atoms. The van der Waals surface area contributed by atoms with Crippen LogP contribution in [0.25, 0.3) is 0 Å². The zero-order valence-corrected chi connectivity index (χ0v) is 16.5. The van der Waals surface area contributed by atoms with Crippen LogP contribution in [-0.4, -0.2) is 63.6 Å². The monoisotopic (exact) mass is 420 g/mol. The summed E-state index contributed by atoms with van der Waals surface area (Å²) >= 11 is 0. The molecule has 2 aromatic rings. The third-order valence-corrected chi connectivity index (χ3v) is 4.97. The van der Waals surface area contributed by atoms with Crippen LogP contribution in [0.15, 0.2) is 42.5 Å². The van der Waals surface area contributed by atoms with E-state index in [4.69, 9.17) is 9.47 Å². The predicted octanol–water partition coefficient (Wildman–Crippen LogP) is 3.00. The highest BCUT2D eigenvalue weighted by Gasteiger charge is 2.43. The zero-order chi connectivity index (χ0) is 21.1. The van der Waals surface area contributed by atoms with Gasteiger partial charge in [-0.15, -0.1) is 8.78 Å². The van der Waals surface area contributed by atoms with Crippen molar-refractivity contribution in [2.45, 2.75) is 6.29 Å². The van der Waals surface area contributed by atoms with Crippen molar-refractivity contribution in [2.75, 3.05) is 51.4 Å². The molecule has 4 rings (SSSR count). The van der Waals surface area contributed by atoms with Gasteiger partial charge in [0, 0.05) is 38.9 Å². The molecule has 2 aliphatic rings. The Morgan fingerprint density at radius 3 is 2.53 bits per heavy atom. The van der Waals surface area contributed by atoms with Crippen LogP contribution in [0.2, 0.25) is 0 Å². The minimum absolute atomic E-state index is 0.0774. The van der Waals surface area contributed by atoms with E-state index < -0.39 is 6.29 Å². The summed E-state index contributed by atoms with van der Waals surface area (Å²) in [6, 6.07) is 11.8. The molecule has 9 heteroatoms. The van der Waals surface area contributed by atoms with Gasteiger partial charge in [-0.3, -0.25) is 4.79 Å². The number of para-hydroxylation sites is 2. The summed E-state index contributed by atoms with van der Waals surface area (Å²) < 4.78 is 46.0. The maximum absolute atomic E-state index is 13.2. The van der Waals surface area contributed by atoms with Gasteiger partial charge in [0.25, 0.3) is 5.91 Å². The first-order valence-corrected chi connectivity index (χ1v) is 9.62.